The molecular formula is C17H16N2O3. The molecule has 0 unspecified atom stereocenters. The molecule has 5 nitrogen and oxygen atoms in total. The van der Waals surface area contributed by atoms with Gasteiger partial charge < -0.3 is 9.72 Å². The maximum Gasteiger partial charge on any atom is 0.339 e. The van der Waals surface area contributed by atoms with E-state index in [-0.39, 0.29) is 12.2 Å². The van der Waals surface area contributed by atoms with Gasteiger partial charge in [-0.05, 0) is 37.6 Å². The molecule has 1 N–H and O–H groups in total. The number of aromatic amines is 1. The van der Waals surface area contributed by atoms with E-state index in [9.17, 15) is 9.59 Å². The van der Waals surface area contributed by atoms with Gasteiger partial charge in [-0.1, -0.05) is 12.1 Å². The first-order chi connectivity index (χ1) is 10.5. The van der Waals surface area contributed by atoms with Crippen LogP contribution in [0.1, 0.15) is 39.7 Å². The minimum absolute atomic E-state index is 0.227. The smallest absolute Gasteiger partial charge is 0.339 e. The number of aryl methyl sites for hydroxylation is 1. The van der Waals surface area contributed by atoms with E-state index in [1.165, 1.54) is 0 Å². The Balaban J connectivity index is 2.34. The molecule has 5 heteroatoms. The second kappa shape index (κ2) is 6.72. The van der Waals surface area contributed by atoms with Crippen LogP contribution in [0.5, 0.6) is 0 Å². The average Bonchev–Trinajstić information content (AvgIpc) is 2.51. The zero-order valence-electron chi connectivity index (χ0n) is 12.5. The van der Waals surface area contributed by atoms with E-state index >= 15 is 0 Å². The molecule has 0 bridgehead atoms. The number of rotatable bonds is 4. The lowest BCUT2D eigenvalue weighted by molar-refractivity contribution is 0.0524. The molecule has 0 fully saturated rings. The molecule has 0 saturated heterocycles. The largest absolute Gasteiger partial charge is 0.462 e. The van der Waals surface area contributed by atoms with E-state index in [0.717, 1.165) is 5.56 Å². The van der Waals surface area contributed by atoms with Crippen LogP contribution in [0.4, 0.5) is 0 Å². The predicted molar refractivity (Wildman–Crippen MR) is 81.7 cm³/mol. The fourth-order valence-electron chi connectivity index (χ4n) is 2.14. The highest BCUT2D eigenvalue weighted by Gasteiger charge is 2.14. The highest BCUT2D eigenvalue weighted by atomic mass is 16.5. The zero-order chi connectivity index (χ0) is 16.1. The van der Waals surface area contributed by atoms with Crippen LogP contribution >= 0.6 is 0 Å². The van der Waals surface area contributed by atoms with Gasteiger partial charge in [0.1, 0.15) is 0 Å². The molecule has 0 aliphatic carbocycles. The van der Waals surface area contributed by atoms with Crippen molar-refractivity contribution >= 4 is 5.97 Å². The number of carbonyl (C=O) groups excluding carboxylic acids is 1. The molecule has 0 aliphatic heterocycles. The molecule has 1 aromatic heterocycles. The number of hydrogen-bond donors (Lipinski definition) is 1. The molecule has 1 aromatic carbocycles. The highest BCUT2D eigenvalue weighted by Crippen LogP contribution is 2.12. The number of nitrogens with one attached hydrogen (secondary N) is 1. The first-order valence-electron chi connectivity index (χ1n) is 6.94. The lowest BCUT2D eigenvalue weighted by Crippen LogP contribution is -2.19. The Morgan fingerprint density at radius 1 is 1.32 bits per heavy atom. The molecule has 1 heterocycles. The van der Waals surface area contributed by atoms with Gasteiger partial charge in [-0.3, -0.25) is 4.79 Å². The predicted octanol–water partition coefficient (Wildman–Crippen LogP) is 2.32. The zero-order valence-corrected chi connectivity index (χ0v) is 12.5. The molecule has 22 heavy (non-hydrogen) atoms. The molecule has 112 valence electrons. The van der Waals surface area contributed by atoms with Crippen molar-refractivity contribution in [3.8, 4) is 6.07 Å². The van der Waals surface area contributed by atoms with Crippen LogP contribution in [0.15, 0.2) is 35.1 Å². The average molecular weight is 296 g/mol. The van der Waals surface area contributed by atoms with Crippen molar-refractivity contribution in [2.24, 2.45) is 0 Å². The summed E-state index contributed by atoms with van der Waals surface area (Å²) in [5.41, 5.74) is 2.57. The SMILES string of the molecule is CCOC(=O)c1cc(Cc2ccc(C#N)cc2)c(=O)[nH]c1C. The third-order valence-electron chi connectivity index (χ3n) is 3.29. The lowest BCUT2D eigenvalue weighted by atomic mass is 10.0. The highest BCUT2D eigenvalue weighted by molar-refractivity contribution is 5.90. The molecule has 0 radical (unpaired) electrons. The molecule has 0 saturated carbocycles. The Kier molecular flexibility index (Phi) is 4.74. The minimum Gasteiger partial charge on any atom is -0.462 e. The standard InChI is InChI=1S/C17H16N2O3/c1-3-22-17(21)15-9-14(16(20)19-11(15)2)8-12-4-6-13(10-18)7-5-12/h4-7,9H,3,8H2,1-2H3,(H,19,20). The summed E-state index contributed by atoms with van der Waals surface area (Å²) in [6, 6.07) is 10.6. The Morgan fingerprint density at radius 2 is 2.00 bits per heavy atom. The lowest BCUT2D eigenvalue weighted by Gasteiger charge is -2.08. The molecule has 2 rings (SSSR count). The van der Waals surface area contributed by atoms with E-state index in [2.05, 4.69) is 4.98 Å². The van der Waals surface area contributed by atoms with E-state index in [1.54, 1.807) is 44.2 Å². The summed E-state index contributed by atoms with van der Waals surface area (Å²) in [6.07, 6.45) is 0.383. The van der Waals surface area contributed by atoms with Crippen molar-refractivity contribution < 1.29 is 9.53 Å². The van der Waals surface area contributed by atoms with Gasteiger partial charge in [0.15, 0.2) is 0 Å². The Morgan fingerprint density at radius 3 is 2.59 bits per heavy atom. The number of ether oxygens (including phenoxy) is 1. The summed E-state index contributed by atoms with van der Waals surface area (Å²) in [4.78, 5) is 26.6. The van der Waals surface area contributed by atoms with Crippen LogP contribution in [0.3, 0.4) is 0 Å². The van der Waals surface area contributed by atoms with Crippen molar-refractivity contribution in [3.63, 3.8) is 0 Å². The summed E-state index contributed by atoms with van der Waals surface area (Å²) in [7, 11) is 0. The van der Waals surface area contributed by atoms with Crippen molar-refractivity contribution in [2.45, 2.75) is 20.3 Å². The van der Waals surface area contributed by atoms with Gasteiger partial charge in [0.05, 0.1) is 23.8 Å². The maximum atomic E-state index is 12.0. The van der Waals surface area contributed by atoms with Crippen molar-refractivity contribution in [1.29, 1.82) is 5.26 Å². The molecular weight excluding hydrogens is 280 g/mol. The minimum atomic E-state index is -0.447. The maximum absolute atomic E-state index is 12.0. The number of H-pyrrole nitrogens is 1. The summed E-state index contributed by atoms with van der Waals surface area (Å²) < 4.78 is 4.99. The molecule has 0 aliphatic rings. The Labute approximate surface area is 128 Å². The number of benzene rings is 1. The molecule has 0 spiro atoms. The van der Waals surface area contributed by atoms with Gasteiger partial charge in [0, 0.05) is 17.7 Å². The van der Waals surface area contributed by atoms with Gasteiger partial charge in [-0.25, -0.2) is 4.79 Å². The molecule has 0 amide bonds. The van der Waals surface area contributed by atoms with Crippen molar-refractivity contribution in [3.05, 3.63) is 68.6 Å². The van der Waals surface area contributed by atoms with Crippen LogP contribution in [-0.2, 0) is 11.2 Å². The Bertz CT molecular complexity index is 783. The number of pyridine rings is 1. The summed E-state index contributed by atoms with van der Waals surface area (Å²) in [6.45, 7) is 3.68. The van der Waals surface area contributed by atoms with Gasteiger partial charge in [0.2, 0.25) is 0 Å². The number of aromatic nitrogens is 1. The Hall–Kier alpha value is -2.87. The monoisotopic (exact) mass is 296 g/mol. The topological polar surface area (TPSA) is 82.9 Å². The van der Waals surface area contributed by atoms with Crippen LogP contribution in [-0.4, -0.2) is 17.6 Å². The third-order valence-corrected chi connectivity index (χ3v) is 3.29. The third kappa shape index (κ3) is 3.41. The van der Waals surface area contributed by atoms with E-state index < -0.39 is 5.97 Å². The number of hydrogen-bond acceptors (Lipinski definition) is 4. The second-order valence-corrected chi connectivity index (χ2v) is 4.87. The normalized spacial score (nSPS) is 10.0. The first kappa shape index (κ1) is 15.5. The summed E-state index contributed by atoms with van der Waals surface area (Å²) in [5.74, 6) is -0.447. The van der Waals surface area contributed by atoms with Crippen LogP contribution in [0.25, 0.3) is 0 Å². The second-order valence-electron chi connectivity index (χ2n) is 4.87. The summed E-state index contributed by atoms with van der Waals surface area (Å²) >= 11 is 0. The molecule has 2 aromatic rings. The number of nitrogens with zero attached hydrogens (tertiary/aromatic N) is 1. The van der Waals surface area contributed by atoms with Gasteiger partial charge in [-0.2, -0.15) is 5.26 Å². The van der Waals surface area contributed by atoms with Gasteiger partial charge in [0.25, 0.3) is 5.56 Å². The van der Waals surface area contributed by atoms with Crippen LogP contribution < -0.4 is 5.56 Å². The quantitative estimate of drug-likeness (QED) is 0.878. The van der Waals surface area contributed by atoms with E-state index in [0.29, 0.717) is 28.8 Å². The fraction of sp³-hybridized carbons (Fsp3) is 0.235. The number of nitriles is 1. The first-order valence-corrected chi connectivity index (χ1v) is 6.94. The van der Waals surface area contributed by atoms with E-state index in [1.807, 2.05) is 6.07 Å². The van der Waals surface area contributed by atoms with Crippen molar-refractivity contribution in [1.82, 2.24) is 4.98 Å². The molecule has 0 atom stereocenters. The van der Waals surface area contributed by atoms with Crippen molar-refractivity contribution in [2.75, 3.05) is 6.61 Å². The van der Waals surface area contributed by atoms with Crippen LogP contribution in [0.2, 0.25) is 0 Å². The number of esters is 1. The van der Waals surface area contributed by atoms with Gasteiger partial charge >= 0.3 is 5.97 Å². The van der Waals surface area contributed by atoms with Crippen LogP contribution in [0, 0.1) is 18.3 Å². The fourth-order valence-corrected chi connectivity index (χ4v) is 2.14. The van der Waals surface area contributed by atoms with Gasteiger partial charge in [-0.15, -0.1) is 0 Å². The summed E-state index contributed by atoms with van der Waals surface area (Å²) in [5, 5.41) is 8.78. The van der Waals surface area contributed by atoms with E-state index in [4.69, 9.17) is 10.00 Å². The number of carbonyl (C=O) groups is 1.